The molecule has 0 bridgehead atoms. The fourth-order valence-corrected chi connectivity index (χ4v) is 3.95. The Hall–Kier alpha value is -3.54. The summed E-state index contributed by atoms with van der Waals surface area (Å²) in [6, 6.07) is 29.9. The molecule has 0 saturated carbocycles. The highest BCUT2D eigenvalue weighted by atomic mass is 16.5. The highest BCUT2D eigenvalue weighted by Gasteiger charge is 2.39. The van der Waals surface area contributed by atoms with Crippen molar-refractivity contribution in [3.63, 3.8) is 0 Å². The molecule has 2 nitrogen and oxygen atoms in total. The van der Waals surface area contributed by atoms with Crippen molar-refractivity contribution in [3.8, 4) is 28.7 Å². The predicted octanol–water partition coefficient (Wildman–Crippen LogP) is 5.14. The highest BCUT2D eigenvalue weighted by molar-refractivity contribution is 5.88. The van der Waals surface area contributed by atoms with Crippen LogP contribution in [-0.2, 0) is 5.60 Å². The van der Waals surface area contributed by atoms with Crippen molar-refractivity contribution >= 4 is 10.8 Å². The van der Waals surface area contributed by atoms with Gasteiger partial charge in [0.25, 0.3) is 0 Å². The smallest absolute Gasteiger partial charge is 0.178 e. The normalized spacial score (nSPS) is 13.3. The van der Waals surface area contributed by atoms with Gasteiger partial charge in [0.1, 0.15) is 12.4 Å². The van der Waals surface area contributed by atoms with Gasteiger partial charge >= 0.3 is 0 Å². The molecule has 0 aromatic heterocycles. The summed E-state index contributed by atoms with van der Waals surface area (Å²) in [7, 11) is 0. The average molecular weight is 362 g/mol. The van der Waals surface area contributed by atoms with Crippen molar-refractivity contribution in [2.24, 2.45) is 0 Å². The van der Waals surface area contributed by atoms with Gasteiger partial charge in [-0.3, -0.25) is 0 Å². The van der Waals surface area contributed by atoms with Crippen LogP contribution in [0.5, 0.6) is 5.75 Å². The standard InChI is InChI=1S/C26H18O2/c27-26(23-14-5-3-12-21(23)22-13-4-6-15-24(22)26)17-8-18-28-25-16-7-10-19-9-1-2-11-20(19)25/h1-7,9-16,27H,18H2. The zero-order chi connectivity index (χ0) is 19.0. The van der Waals surface area contributed by atoms with Gasteiger partial charge in [0, 0.05) is 16.5 Å². The molecule has 0 amide bonds. The first kappa shape index (κ1) is 16.6. The molecule has 4 aromatic rings. The summed E-state index contributed by atoms with van der Waals surface area (Å²) >= 11 is 0. The topological polar surface area (TPSA) is 29.5 Å². The minimum Gasteiger partial charge on any atom is -0.480 e. The second-order valence-corrected chi connectivity index (χ2v) is 6.87. The van der Waals surface area contributed by atoms with Crippen molar-refractivity contribution in [1.82, 2.24) is 0 Å². The van der Waals surface area contributed by atoms with E-state index >= 15 is 0 Å². The lowest BCUT2D eigenvalue weighted by Crippen LogP contribution is -2.22. The van der Waals surface area contributed by atoms with Gasteiger partial charge in [-0.1, -0.05) is 96.8 Å². The van der Waals surface area contributed by atoms with Gasteiger partial charge in [-0.05, 0) is 22.6 Å². The molecule has 0 atom stereocenters. The van der Waals surface area contributed by atoms with Crippen molar-refractivity contribution in [2.45, 2.75) is 5.60 Å². The van der Waals surface area contributed by atoms with E-state index in [1.165, 1.54) is 0 Å². The van der Waals surface area contributed by atoms with Gasteiger partial charge in [0.05, 0.1) is 0 Å². The van der Waals surface area contributed by atoms with E-state index in [4.69, 9.17) is 4.74 Å². The Balaban J connectivity index is 1.46. The molecule has 134 valence electrons. The number of hydrogen-bond acceptors (Lipinski definition) is 2. The molecule has 0 spiro atoms. The van der Waals surface area contributed by atoms with Gasteiger partial charge in [-0.25, -0.2) is 0 Å². The van der Waals surface area contributed by atoms with Gasteiger partial charge in [0.2, 0.25) is 0 Å². The number of aliphatic hydroxyl groups is 1. The van der Waals surface area contributed by atoms with Crippen molar-refractivity contribution in [1.29, 1.82) is 0 Å². The highest BCUT2D eigenvalue weighted by Crippen LogP contribution is 2.46. The molecule has 0 unspecified atom stereocenters. The third-order valence-corrected chi connectivity index (χ3v) is 5.24. The molecule has 5 rings (SSSR count). The summed E-state index contributed by atoms with van der Waals surface area (Å²) in [6.07, 6.45) is 0. The summed E-state index contributed by atoms with van der Waals surface area (Å²) in [5.41, 5.74) is 2.41. The Morgan fingerprint density at radius 2 is 1.32 bits per heavy atom. The van der Waals surface area contributed by atoms with Crippen LogP contribution in [0, 0.1) is 11.8 Å². The van der Waals surface area contributed by atoms with Crippen molar-refractivity contribution in [2.75, 3.05) is 6.61 Å². The summed E-state index contributed by atoms with van der Waals surface area (Å²) < 4.78 is 5.92. The van der Waals surface area contributed by atoms with Crippen molar-refractivity contribution in [3.05, 3.63) is 102 Å². The Bertz CT molecular complexity index is 1190. The Kier molecular flexibility index (Phi) is 3.90. The maximum atomic E-state index is 11.4. The molecule has 0 heterocycles. The summed E-state index contributed by atoms with van der Waals surface area (Å²) in [4.78, 5) is 0. The van der Waals surface area contributed by atoms with E-state index in [-0.39, 0.29) is 6.61 Å². The molecule has 1 aliphatic rings. The summed E-state index contributed by atoms with van der Waals surface area (Å²) in [5.74, 6) is 6.91. The quantitative estimate of drug-likeness (QED) is 0.501. The number of hydrogen-bond donors (Lipinski definition) is 1. The molecule has 0 aliphatic heterocycles. The predicted molar refractivity (Wildman–Crippen MR) is 112 cm³/mol. The second kappa shape index (κ2) is 6.56. The first-order chi connectivity index (χ1) is 13.8. The molecule has 2 heteroatoms. The lowest BCUT2D eigenvalue weighted by atomic mass is 9.92. The van der Waals surface area contributed by atoms with Crippen LogP contribution in [0.3, 0.4) is 0 Å². The maximum absolute atomic E-state index is 11.4. The molecule has 1 N–H and O–H groups in total. The van der Waals surface area contributed by atoms with Crippen LogP contribution in [0.1, 0.15) is 11.1 Å². The van der Waals surface area contributed by atoms with Gasteiger partial charge in [-0.15, -0.1) is 0 Å². The fraction of sp³-hybridized carbons (Fsp3) is 0.0769. The lowest BCUT2D eigenvalue weighted by Gasteiger charge is -2.18. The van der Waals surface area contributed by atoms with Crippen LogP contribution in [0.2, 0.25) is 0 Å². The molecule has 4 aromatic carbocycles. The van der Waals surface area contributed by atoms with E-state index in [2.05, 4.69) is 24.0 Å². The molecule has 0 radical (unpaired) electrons. The number of fused-ring (bicyclic) bond motifs is 4. The van der Waals surface area contributed by atoms with Crippen LogP contribution in [0.25, 0.3) is 21.9 Å². The Morgan fingerprint density at radius 3 is 2.07 bits per heavy atom. The molecule has 1 aliphatic carbocycles. The van der Waals surface area contributed by atoms with Crippen LogP contribution >= 0.6 is 0 Å². The number of rotatable bonds is 2. The zero-order valence-electron chi connectivity index (χ0n) is 15.2. The molecule has 28 heavy (non-hydrogen) atoms. The third kappa shape index (κ3) is 2.57. The monoisotopic (exact) mass is 362 g/mol. The van der Waals surface area contributed by atoms with E-state index in [0.29, 0.717) is 0 Å². The van der Waals surface area contributed by atoms with Crippen LogP contribution in [0.15, 0.2) is 91.0 Å². The lowest BCUT2D eigenvalue weighted by molar-refractivity contribution is 0.150. The summed E-state index contributed by atoms with van der Waals surface area (Å²) in [5, 5.41) is 13.6. The molecule has 0 fully saturated rings. The van der Waals surface area contributed by atoms with E-state index in [0.717, 1.165) is 38.8 Å². The third-order valence-electron chi connectivity index (χ3n) is 5.24. The fourth-order valence-electron chi connectivity index (χ4n) is 3.95. The first-order valence-corrected chi connectivity index (χ1v) is 9.30. The Labute approximate surface area is 164 Å². The van der Waals surface area contributed by atoms with Crippen LogP contribution in [-0.4, -0.2) is 11.7 Å². The average Bonchev–Trinajstić information content (AvgIpc) is 3.01. The minimum atomic E-state index is -1.31. The Morgan fingerprint density at radius 1 is 0.714 bits per heavy atom. The SMILES string of the molecule is OC1(C#CCOc2cccc3ccccc23)c2ccccc2-c2ccccc21. The minimum absolute atomic E-state index is 0.209. The maximum Gasteiger partial charge on any atom is 0.178 e. The van der Waals surface area contributed by atoms with E-state index in [9.17, 15) is 5.11 Å². The van der Waals surface area contributed by atoms with Gasteiger partial charge in [-0.2, -0.15) is 0 Å². The van der Waals surface area contributed by atoms with Gasteiger partial charge < -0.3 is 9.84 Å². The second-order valence-electron chi connectivity index (χ2n) is 6.87. The van der Waals surface area contributed by atoms with Crippen LogP contribution in [0.4, 0.5) is 0 Å². The molecular formula is C26H18O2. The largest absolute Gasteiger partial charge is 0.480 e. The van der Waals surface area contributed by atoms with Crippen molar-refractivity contribution < 1.29 is 9.84 Å². The van der Waals surface area contributed by atoms with E-state index < -0.39 is 5.60 Å². The van der Waals surface area contributed by atoms with E-state index in [1.807, 2.05) is 78.9 Å². The molecule has 0 saturated heterocycles. The van der Waals surface area contributed by atoms with E-state index in [1.54, 1.807) is 0 Å². The number of ether oxygens (including phenoxy) is 1. The zero-order valence-corrected chi connectivity index (χ0v) is 15.2. The molecular weight excluding hydrogens is 344 g/mol. The van der Waals surface area contributed by atoms with Gasteiger partial charge in [0.15, 0.2) is 5.60 Å². The number of benzene rings is 4. The summed E-state index contributed by atoms with van der Waals surface area (Å²) in [6.45, 7) is 0.209. The first-order valence-electron chi connectivity index (χ1n) is 9.30. The van der Waals surface area contributed by atoms with Crippen LogP contribution < -0.4 is 4.74 Å².